The molecule has 0 bridgehead atoms. The second-order valence-electron chi connectivity index (χ2n) is 4.48. The molecule has 1 aromatic heterocycles. The number of thioether (sulfide) groups is 1. The van der Waals surface area contributed by atoms with Crippen LogP contribution in [0.5, 0.6) is 0 Å². The zero-order valence-electron chi connectivity index (χ0n) is 11.7. The molecule has 0 aliphatic rings. The maximum Gasteiger partial charge on any atom is 0.141 e. The standard InChI is InChI=1S/C15H18ClN3S/c1-3-8-17-14-9-11(2)18-15(19-14)10-20-13-6-4-12(16)5-7-13/h4-7,9H,3,8,10H2,1-2H3,(H,17,18,19). The number of halogens is 1. The number of aromatic nitrogens is 2. The van der Waals surface area contributed by atoms with E-state index in [1.165, 1.54) is 4.90 Å². The lowest BCUT2D eigenvalue weighted by Gasteiger charge is -2.07. The molecule has 0 aliphatic heterocycles. The molecule has 0 aliphatic carbocycles. The van der Waals surface area contributed by atoms with Crippen molar-refractivity contribution in [3.05, 3.63) is 46.9 Å². The Bertz CT molecular complexity index is 558. The third-order valence-electron chi connectivity index (χ3n) is 2.64. The largest absolute Gasteiger partial charge is 0.370 e. The number of aryl methyl sites for hydroxylation is 1. The minimum atomic E-state index is 0.754. The highest BCUT2D eigenvalue weighted by molar-refractivity contribution is 7.98. The Hall–Kier alpha value is -1.26. The number of benzene rings is 1. The first-order valence-electron chi connectivity index (χ1n) is 6.64. The summed E-state index contributed by atoms with van der Waals surface area (Å²) in [4.78, 5) is 10.2. The van der Waals surface area contributed by atoms with E-state index >= 15 is 0 Å². The van der Waals surface area contributed by atoms with Gasteiger partial charge in [-0.15, -0.1) is 11.8 Å². The van der Waals surface area contributed by atoms with E-state index in [1.807, 2.05) is 37.3 Å². The maximum absolute atomic E-state index is 5.88. The Balaban J connectivity index is 2.01. The maximum atomic E-state index is 5.88. The molecule has 0 saturated carbocycles. The van der Waals surface area contributed by atoms with Gasteiger partial charge in [-0.25, -0.2) is 9.97 Å². The summed E-state index contributed by atoms with van der Waals surface area (Å²) in [5.41, 5.74) is 0.991. The zero-order chi connectivity index (χ0) is 14.4. The highest BCUT2D eigenvalue weighted by atomic mass is 35.5. The van der Waals surface area contributed by atoms with Crippen LogP contribution in [0, 0.1) is 6.92 Å². The highest BCUT2D eigenvalue weighted by Gasteiger charge is 2.03. The van der Waals surface area contributed by atoms with E-state index in [0.29, 0.717) is 0 Å². The van der Waals surface area contributed by atoms with Crippen molar-refractivity contribution in [2.75, 3.05) is 11.9 Å². The van der Waals surface area contributed by atoms with Crippen molar-refractivity contribution in [1.29, 1.82) is 0 Å². The average molecular weight is 308 g/mol. The predicted molar refractivity (Wildman–Crippen MR) is 86.6 cm³/mol. The molecule has 106 valence electrons. The molecule has 0 atom stereocenters. The minimum absolute atomic E-state index is 0.754. The van der Waals surface area contributed by atoms with E-state index < -0.39 is 0 Å². The Morgan fingerprint density at radius 1 is 1.20 bits per heavy atom. The predicted octanol–water partition coefficient (Wildman–Crippen LogP) is 4.55. The van der Waals surface area contributed by atoms with E-state index in [2.05, 4.69) is 22.2 Å². The Morgan fingerprint density at radius 2 is 1.95 bits per heavy atom. The molecular formula is C15H18ClN3S. The van der Waals surface area contributed by atoms with Crippen LogP contribution in [0.2, 0.25) is 5.02 Å². The topological polar surface area (TPSA) is 37.8 Å². The smallest absolute Gasteiger partial charge is 0.141 e. The summed E-state index contributed by atoms with van der Waals surface area (Å²) in [6.45, 7) is 5.06. The van der Waals surface area contributed by atoms with Crippen LogP contribution >= 0.6 is 23.4 Å². The van der Waals surface area contributed by atoms with Gasteiger partial charge in [-0.1, -0.05) is 18.5 Å². The lowest BCUT2D eigenvalue weighted by atomic mass is 10.4. The third kappa shape index (κ3) is 4.69. The first-order valence-corrected chi connectivity index (χ1v) is 8.00. The van der Waals surface area contributed by atoms with Gasteiger partial charge in [-0.05, 0) is 37.6 Å². The fourth-order valence-electron chi connectivity index (χ4n) is 1.72. The molecule has 1 N–H and O–H groups in total. The highest BCUT2D eigenvalue weighted by Crippen LogP contribution is 2.23. The van der Waals surface area contributed by atoms with Crippen molar-refractivity contribution < 1.29 is 0 Å². The van der Waals surface area contributed by atoms with Gasteiger partial charge in [0.2, 0.25) is 0 Å². The Labute approximate surface area is 129 Å². The number of hydrogen-bond acceptors (Lipinski definition) is 4. The van der Waals surface area contributed by atoms with Gasteiger partial charge < -0.3 is 5.32 Å². The first-order chi connectivity index (χ1) is 9.67. The molecule has 20 heavy (non-hydrogen) atoms. The first kappa shape index (κ1) is 15.1. The molecule has 0 amide bonds. The average Bonchev–Trinajstić information content (AvgIpc) is 2.44. The van der Waals surface area contributed by atoms with Gasteiger partial charge in [-0.3, -0.25) is 0 Å². The van der Waals surface area contributed by atoms with Crippen LogP contribution in [0.3, 0.4) is 0 Å². The molecule has 1 aromatic carbocycles. The molecule has 1 heterocycles. The molecule has 0 fully saturated rings. The van der Waals surface area contributed by atoms with Crippen LogP contribution in [-0.2, 0) is 5.75 Å². The Kier molecular flexibility index (Phi) is 5.68. The van der Waals surface area contributed by atoms with E-state index in [4.69, 9.17) is 11.6 Å². The molecule has 0 radical (unpaired) electrons. The van der Waals surface area contributed by atoms with Crippen LogP contribution in [-0.4, -0.2) is 16.5 Å². The fraction of sp³-hybridized carbons (Fsp3) is 0.333. The van der Waals surface area contributed by atoms with E-state index in [9.17, 15) is 0 Å². The van der Waals surface area contributed by atoms with Crippen LogP contribution in [0.1, 0.15) is 24.9 Å². The van der Waals surface area contributed by atoms with E-state index in [-0.39, 0.29) is 0 Å². The van der Waals surface area contributed by atoms with Gasteiger partial charge in [-0.2, -0.15) is 0 Å². The third-order valence-corrected chi connectivity index (χ3v) is 3.90. The molecule has 5 heteroatoms. The Morgan fingerprint density at radius 3 is 2.65 bits per heavy atom. The molecule has 3 nitrogen and oxygen atoms in total. The minimum Gasteiger partial charge on any atom is -0.370 e. The molecule has 2 rings (SSSR count). The summed E-state index contributed by atoms with van der Waals surface area (Å²) >= 11 is 7.59. The van der Waals surface area contributed by atoms with Gasteiger partial charge in [0.15, 0.2) is 0 Å². The lowest BCUT2D eigenvalue weighted by molar-refractivity contribution is 0.940. The number of nitrogens with one attached hydrogen (secondary N) is 1. The van der Waals surface area contributed by atoms with Crippen molar-refractivity contribution in [3.63, 3.8) is 0 Å². The van der Waals surface area contributed by atoms with Gasteiger partial charge in [0.05, 0.1) is 5.75 Å². The number of nitrogens with zero attached hydrogens (tertiary/aromatic N) is 2. The van der Waals surface area contributed by atoms with Crippen molar-refractivity contribution in [1.82, 2.24) is 9.97 Å². The number of rotatable bonds is 6. The van der Waals surface area contributed by atoms with Gasteiger partial charge in [0.25, 0.3) is 0 Å². The summed E-state index contributed by atoms with van der Waals surface area (Å²) in [7, 11) is 0. The van der Waals surface area contributed by atoms with Gasteiger partial charge >= 0.3 is 0 Å². The fourth-order valence-corrected chi connectivity index (χ4v) is 2.60. The van der Waals surface area contributed by atoms with Crippen molar-refractivity contribution >= 4 is 29.2 Å². The summed E-state index contributed by atoms with van der Waals surface area (Å²) in [5.74, 6) is 2.51. The van der Waals surface area contributed by atoms with Crippen molar-refractivity contribution in [2.24, 2.45) is 0 Å². The molecular weight excluding hydrogens is 290 g/mol. The summed E-state index contributed by atoms with van der Waals surface area (Å²) in [5, 5.41) is 4.06. The van der Waals surface area contributed by atoms with Crippen molar-refractivity contribution in [2.45, 2.75) is 30.9 Å². The van der Waals surface area contributed by atoms with Crippen LogP contribution in [0.4, 0.5) is 5.82 Å². The molecule has 0 spiro atoms. The van der Waals surface area contributed by atoms with E-state index in [0.717, 1.165) is 41.1 Å². The monoisotopic (exact) mass is 307 g/mol. The zero-order valence-corrected chi connectivity index (χ0v) is 13.3. The SMILES string of the molecule is CCCNc1cc(C)nc(CSc2ccc(Cl)cc2)n1. The second-order valence-corrected chi connectivity index (χ2v) is 5.97. The second kappa shape index (κ2) is 7.50. The molecule has 0 unspecified atom stereocenters. The van der Waals surface area contributed by atoms with E-state index in [1.54, 1.807) is 11.8 Å². The van der Waals surface area contributed by atoms with Crippen molar-refractivity contribution in [3.8, 4) is 0 Å². The number of anilines is 1. The van der Waals surface area contributed by atoms with Gasteiger partial charge in [0.1, 0.15) is 11.6 Å². The van der Waals surface area contributed by atoms with Crippen LogP contribution in [0.15, 0.2) is 35.2 Å². The normalized spacial score (nSPS) is 10.6. The number of hydrogen-bond donors (Lipinski definition) is 1. The molecule has 2 aromatic rings. The summed E-state index contributed by atoms with van der Waals surface area (Å²) in [6, 6.07) is 9.80. The summed E-state index contributed by atoms with van der Waals surface area (Å²) < 4.78 is 0. The lowest BCUT2D eigenvalue weighted by Crippen LogP contribution is -2.05. The quantitative estimate of drug-likeness (QED) is 0.794. The van der Waals surface area contributed by atoms with Gasteiger partial charge in [0, 0.05) is 28.2 Å². The van der Waals surface area contributed by atoms with Crippen LogP contribution < -0.4 is 5.32 Å². The van der Waals surface area contributed by atoms with Crippen LogP contribution in [0.25, 0.3) is 0 Å². The molecule has 0 saturated heterocycles. The summed E-state index contributed by atoms with van der Waals surface area (Å²) in [6.07, 6.45) is 1.08.